The van der Waals surface area contributed by atoms with Crippen LogP contribution in [0.2, 0.25) is 0 Å². The monoisotopic (exact) mass is 297 g/mol. The van der Waals surface area contributed by atoms with E-state index in [1.807, 2.05) is 0 Å². The van der Waals surface area contributed by atoms with Crippen LogP contribution < -0.4 is 5.32 Å². The zero-order valence-electron chi connectivity index (χ0n) is 11.3. The molecule has 1 N–H and O–H groups in total. The summed E-state index contributed by atoms with van der Waals surface area (Å²) in [4.78, 5) is 11.7. The highest BCUT2D eigenvalue weighted by Gasteiger charge is 2.30. The molecule has 4 nitrogen and oxygen atoms in total. The Morgan fingerprint density at radius 2 is 2.10 bits per heavy atom. The standard InChI is InChI=1S/C14H14F3N3O/c1-10-5-6-20(19-10)9-13(21)18-8-11-3-2-4-12(7-11)14(15,16)17/h2-7H,8-9H2,1H3,(H,18,21). The molecule has 1 aromatic heterocycles. The van der Waals surface area contributed by atoms with Gasteiger partial charge in [0.25, 0.3) is 0 Å². The van der Waals surface area contributed by atoms with E-state index in [-0.39, 0.29) is 19.0 Å². The molecule has 0 bridgehead atoms. The summed E-state index contributed by atoms with van der Waals surface area (Å²) in [6, 6.07) is 6.64. The average molecular weight is 297 g/mol. The Bertz CT molecular complexity index is 634. The van der Waals surface area contributed by atoms with Gasteiger partial charge in [-0.1, -0.05) is 12.1 Å². The van der Waals surface area contributed by atoms with Gasteiger partial charge >= 0.3 is 6.18 Å². The number of benzene rings is 1. The van der Waals surface area contributed by atoms with Gasteiger partial charge in [0.2, 0.25) is 5.91 Å². The van der Waals surface area contributed by atoms with Crippen LogP contribution in [-0.4, -0.2) is 15.7 Å². The highest BCUT2D eigenvalue weighted by molar-refractivity contribution is 5.75. The molecule has 1 heterocycles. The predicted octanol–water partition coefficient (Wildman–Crippen LogP) is 2.53. The Morgan fingerprint density at radius 3 is 2.71 bits per heavy atom. The zero-order chi connectivity index (χ0) is 15.5. The fourth-order valence-corrected chi connectivity index (χ4v) is 1.81. The van der Waals surface area contributed by atoms with E-state index >= 15 is 0 Å². The van der Waals surface area contributed by atoms with Gasteiger partial charge in [-0.2, -0.15) is 18.3 Å². The molecule has 0 spiro atoms. The number of hydrogen-bond donors (Lipinski definition) is 1. The molecular weight excluding hydrogens is 283 g/mol. The van der Waals surface area contributed by atoms with Crippen LogP contribution in [0.3, 0.4) is 0 Å². The summed E-state index contributed by atoms with van der Waals surface area (Å²) in [6.07, 6.45) is -2.72. The van der Waals surface area contributed by atoms with Crippen LogP contribution in [0.25, 0.3) is 0 Å². The Hall–Kier alpha value is -2.31. The normalized spacial score (nSPS) is 11.4. The molecule has 0 radical (unpaired) electrons. The van der Waals surface area contributed by atoms with Crippen LogP contribution in [0.15, 0.2) is 36.5 Å². The van der Waals surface area contributed by atoms with Crippen LogP contribution in [0, 0.1) is 6.92 Å². The molecule has 1 amide bonds. The second-order valence-corrected chi connectivity index (χ2v) is 4.63. The van der Waals surface area contributed by atoms with E-state index in [9.17, 15) is 18.0 Å². The lowest BCUT2D eigenvalue weighted by molar-refractivity contribution is -0.137. The molecule has 0 unspecified atom stereocenters. The van der Waals surface area contributed by atoms with Gasteiger partial charge in [-0.15, -0.1) is 0 Å². The van der Waals surface area contributed by atoms with Crippen molar-refractivity contribution in [2.45, 2.75) is 26.2 Å². The van der Waals surface area contributed by atoms with Crippen molar-refractivity contribution in [3.63, 3.8) is 0 Å². The molecule has 0 aliphatic carbocycles. The van der Waals surface area contributed by atoms with Crippen LogP contribution in [0.1, 0.15) is 16.8 Å². The fraction of sp³-hybridized carbons (Fsp3) is 0.286. The first-order valence-corrected chi connectivity index (χ1v) is 6.27. The number of rotatable bonds is 4. The molecule has 0 saturated heterocycles. The average Bonchev–Trinajstić information content (AvgIpc) is 2.81. The van der Waals surface area contributed by atoms with Crippen molar-refractivity contribution in [3.05, 3.63) is 53.3 Å². The van der Waals surface area contributed by atoms with Crippen molar-refractivity contribution in [3.8, 4) is 0 Å². The molecule has 7 heteroatoms. The van der Waals surface area contributed by atoms with Gasteiger partial charge in [-0.3, -0.25) is 9.48 Å². The topological polar surface area (TPSA) is 46.9 Å². The number of carbonyl (C=O) groups is 1. The van der Waals surface area contributed by atoms with Crippen molar-refractivity contribution >= 4 is 5.91 Å². The summed E-state index contributed by atoms with van der Waals surface area (Å²) in [5.74, 6) is -0.310. The summed E-state index contributed by atoms with van der Waals surface area (Å²) < 4.78 is 39.1. The highest BCUT2D eigenvalue weighted by Crippen LogP contribution is 2.29. The van der Waals surface area contributed by atoms with Crippen molar-refractivity contribution in [2.75, 3.05) is 0 Å². The van der Waals surface area contributed by atoms with E-state index in [2.05, 4.69) is 10.4 Å². The lowest BCUT2D eigenvalue weighted by atomic mass is 10.1. The number of hydrogen-bond acceptors (Lipinski definition) is 2. The van der Waals surface area contributed by atoms with Gasteiger partial charge in [-0.25, -0.2) is 0 Å². The number of nitrogens with zero attached hydrogens (tertiary/aromatic N) is 2. The molecule has 0 atom stereocenters. The quantitative estimate of drug-likeness (QED) is 0.942. The summed E-state index contributed by atoms with van der Waals surface area (Å²) in [6.45, 7) is 1.88. The second-order valence-electron chi connectivity index (χ2n) is 4.63. The van der Waals surface area contributed by atoms with E-state index in [0.717, 1.165) is 17.8 Å². The van der Waals surface area contributed by atoms with Crippen LogP contribution >= 0.6 is 0 Å². The van der Waals surface area contributed by atoms with E-state index in [4.69, 9.17) is 0 Å². The smallest absolute Gasteiger partial charge is 0.350 e. The first kappa shape index (κ1) is 15.1. The van der Waals surface area contributed by atoms with Crippen molar-refractivity contribution in [2.24, 2.45) is 0 Å². The summed E-state index contributed by atoms with van der Waals surface area (Å²) in [7, 11) is 0. The number of aryl methyl sites for hydroxylation is 1. The Labute approximate surface area is 119 Å². The third kappa shape index (κ3) is 4.34. The number of nitrogens with one attached hydrogen (secondary N) is 1. The number of amides is 1. The van der Waals surface area contributed by atoms with Crippen LogP contribution in [-0.2, 0) is 24.1 Å². The summed E-state index contributed by atoms with van der Waals surface area (Å²) in [5, 5.41) is 6.63. The molecule has 2 aromatic rings. The first-order valence-electron chi connectivity index (χ1n) is 6.27. The van der Waals surface area contributed by atoms with Gasteiger partial charge in [0.15, 0.2) is 0 Å². The summed E-state index contributed by atoms with van der Waals surface area (Å²) in [5.41, 5.74) is 0.465. The van der Waals surface area contributed by atoms with Crippen molar-refractivity contribution < 1.29 is 18.0 Å². The van der Waals surface area contributed by atoms with E-state index in [1.165, 1.54) is 16.8 Å². The summed E-state index contributed by atoms with van der Waals surface area (Å²) >= 11 is 0. The van der Waals surface area contributed by atoms with Gasteiger partial charge in [-0.05, 0) is 30.7 Å². The van der Waals surface area contributed by atoms with Crippen molar-refractivity contribution in [1.82, 2.24) is 15.1 Å². The number of carbonyl (C=O) groups excluding carboxylic acids is 1. The van der Waals surface area contributed by atoms with Crippen molar-refractivity contribution in [1.29, 1.82) is 0 Å². The number of alkyl halides is 3. The molecule has 0 saturated carbocycles. The molecule has 1 aromatic carbocycles. The lowest BCUT2D eigenvalue weighted by Crippen LogP contribution is -2.27. The largest absolute Gasteiger partial charge is 0.416 e. The van der Waals surface area contributed by atoms with Crippen LogP contribution in [0.4, 0.5) is 13.2 Å². The Kier molecular flexibility index (Phi) is 4.30. The van der Waals surface area contributed by atoms with Gasteiger partial charge in [0.05, 0.1) is 11.3 Å². The molecule has 21 heavy (non-hydrogen) atoms. The Morgan fingerprint density at radius 1 is 1.33 bits per heavy atom. The minimum Gasteiger partial charge on any atom is -0.350 e. The van der Waals surface area contributed by atoms with Gasteiger partial charge < -0.3 is 5.32 Å². The lowest BCUT2D eigenvalue weighted by Gasteiger charge is -2.09. The predicted molar refractivity (Wildman–Crippen MR) is 70.3 cm³/mol. The third-order valence-electron chi connectivity index (χ3n) is 2.82. The number of aromatic nitrogens is 2. The Balaban J connectivity index is 1.92. The SMILES string of the molecule is Cc1ccn(CC(=O)NCc2cccc(C(F)(F)F)c2)n1. The minimum absolute atomic E-state index is 0.0345. The number of halogens is 3. The second kappa shape index (κ2) is 5.99. The third-order valence-corrected chi connectivity index (χ3v) is 2.82. The van der Waals surface area contributed by atoms with E-state index in [0.29, 0.717) is 5.56 Å². The van der Waals surface area contributed by atoms with Gasteiger partial charge in [0, 0.05) is 12.7 Å². The molecular formula is C14H14F3N3O. The minimum atomic E-state index is -4.38. The highest BCUT2D eigenvalue weighted by atomic mass is 19.4. The van der Waals surface area contributed by atoms with Crippen LogP contribution in [0.5, 0.6) is 0 Å². The maximum Gasteiger partial charge on any atom is 0.416 e. The zero-order valence-corrected chi connectivity index (χ0v) is 11.3. The first-order chi connectivity index (χ1) is 9.84. The van der Waals surface area contributed by atoms with E-state index < -0.39 is 11.7 Å². The molecule has 0 aliphatic rings. The van der Waals surface area contributed by atoms with E-state index in [1.54, 1.807) is 19.2 Å². The fourth-order valence-electron chi connectivity index (χ4n) is 1.81. The van der Waals surface area contributed by atoms with Gasteiger partial charge in [0.1, 0.15) is 6.54 Å². The maximum absolute atomic E-state index is 12.6. The maximum atomic E-state index is 12.6. The molecule has 112 valence electrons. The molecule has 0 aliphatic heterocycles. The molecule has 0 fully saturated rings. The molecule has 2 rings (SSSR count).